The molecule has 0 saturated carbocycles. The number of hydrogen-bond acceptors (Lipinski definition) is 3. The zero-order valence-corrected chi connectivity index (χ0v) is 15.5. The quantitative estimate of drug-likeness (QED) is 0.557. The molecule has 0 unspecified atom stereocenters. The molecule has 0 aliphatic rings. The number of anilines is 1. The van der Waals surface area contributed by atoms with Gasteiger partial charge >= 0.3 is 6.03 Å². The van der Waals surface area contributed by atoms with E-state index < -0.39 is 23.8 Å². The standard InChI is InChI=1S/C22H20FN3O3/c23-19-9-5-4-8-18(19)20(26-22(24)28)14-21(27)25-15-10-12-17(13-11-15)29-16-6-2-1-3-7-16/h1-13,20H,14H2,(H,25,27)(H3,24,26,28)/t20-/m1/s1. The molecule has 0 aromatic heterocycles. The second-order valence-electron chi connectivity index (χ2n) is 6.27. The lowest BCUT2D eigenvalue weighted by Gasteiger charge is -2.18. The van der Waals surface area contributed by atoms with Crippen LogP contribution in [0, 0.1) is 5.82 Å². The van der Waals surface area contributed by atoms with Crippen LogP contribution in [0.4, 0.5) is 14.9 Å². The number of carbonyl (C=O) groups is 2. The maximum Gasteiger partial charge on any atom is 0.312 e. The summed E-state index contributed by atoms with van der Waals surface area (Å²) >= 11 is 0. The van der Waals surface area contributed by atoms with Crippen LogP contribution in [-0.4, -0.2) is 11.9 Å². The van der Waals surface area contributed by atoms with Crippen molar-refractivity contribution in [2.45, 2.75) is 12.5 Å². The summed E-state index contributed by atoms with van der Waals surface area (Å²) in [7, 11) is 0. The number of halogens is 1. The largest absolute Gasteiger partial charge is 0.457 e. The lowest BCUT2D eigenvalue weighted by molar-refractivity contribution is -0.116. The van der Waals surface area contributed by atoms with Crippen molar-refractivity contribution >= 4 is 17.6 Å². The Morgan fingerprint density at radius 3 is 2.17 bits per heavy atom. The van der Waals surface area contributed by atoms with E-state index in [0.717, 1.165) is 0 Å². The molecule has 0 aliphatic heterocycles. The van der Waals surface area contributed by atoms with Gasteiger partial charge in [-0.3, -0.25) is 4.79 Å². The average molecular weight is 393 g/mol. The van der Waals surface area contributed by atoms with E-state index in [4.69, 9.17) is 10.5 Å². The molecule has 3 rings (SSSR count). The van der Waals surface area contributed by atoms with Crippen LogP contribution < -0.4 is 21.1 Å². The zero-order valence-electron chi connectivity index (χ0n) is 15.5. The molecule has 3 amide bonds. The molecule has 4 N–H and O–H groups in total. The van der Waals surface area contributed by atoms with Crippen molar-refractivity contribution in [1.82, 2.24) is 5.32 Å². The summed E-state index contributed by atoms with van der Waals surface area (Å²) in [4.78, 5) is 23.7. The Labute approximate surface area is 167 Å². The Morgan fingerprint density at radius 2 is 1.52 bits per heavy atom. The summed E-state index contributed by atoms with van der Waals surface area (Å²) in [5.41, 5.74) is 5.90. The minimum Gasteiger partial charge on any atom is -0.457 e. The Balaban J connectivity index is 1.64. The SMILES string of the molecule is NC(=O)N[C@H](CC(=O)Nc1ccc(Oc2ccccc2)cc1)c1ccccc1F. The Morgan fingerprint density at radius 1 is 0.897 bits per heavy atom. The van der Waals surface area contributed by atoms with Crippen LogP contribution in [-0.2, 0) is 4.79 Å². The van der Waals surface area contributed by atoms with E-state index in [1.54, 1.807) is 30.3 Å². The molecule has 0 saturated heterocycles. The number of primary amides is 1. The molecule has 0 heterocycles. The van der Waals surface area contributed by atoms with Crippen LogP contribution >= 0.6 is 0 Å². The van der Waals surface area contributed by atoms with E-state index in [0.29, 0.717) is 17.2 Å². The van der Waals surface area contributed by atoms with Crippen molar-refractivity contribution in [2.24, 2.45) is 5.73 Å². The number of carbonyl (C=O) groups excluding carboxylic acids is 2. The summed E-state index contributed by atoms with van der Waals surface area (Å²) in [6.45, 7) is 0. The number of urea groups is 1. The average Bonchev–Trinajstić information content (AvgIpc) is 2.70. The van der Waals surface area contributed by atoms with E-state index in [-0.39, 0.29) is 12.0 Å². The van der Waals surface area contributed by atoms with Gasteiger partial charge in [0, 0.05) is 11.3 Å². The highest BCUT2D eigenvalue weighted by Gasteiger charge is 2.20. The first kappa shape index (κ1) is 19.9. The fourth-order valence-electron chi connectivity index (χ4n) is 2.80. The number of para-hydroxylation sites is 1. The van der Waals surface area contributed by atoms with Gasteiger partial charge in [0.2, 0.25) is 5.91 Å². The van der Waals surface area contributed by atoms with Gasteiger partial charge in [-0.25, -0.2) is 9.18 Å². The third-order valence-corrected chi connectivity index (χ3v) is 4.10. The lowest BCUT2D eigenvalue weighted by Crippen LogP contribution is -2.35. The highest BCUT2D eigenvalue weighted by molar-refractivity contribution is 5.91. The van der Waals surface area contributed by atoms with E-state index in [1.165, 1.54) is 18.2 Å². The zero-order chi connectivity index (χ0) is 20.6. The molecule has 148 valence electrons. The number of rotatable bonds is 7. The van der Waals surface area contributed by atoms with E-state index in [1.807, 2.05) is 30.3 Å². The monoisotopic (exact) mass is 393 g/mol. The summed E-state index contributed by atoms with van der Waals surface area (Å²) in [6, 6.07) is 20.3. The maximum atomic E-state index is 14.1. The topological polar surface area (TPSA) is 93.5 Å². The maximum absolute atomic E-state index is 14.1. The molecule has 0 aliphatic carbocycles. The van der Waals surface area contributed by atoms with Gasteiger partial charge in [-0.1, -0.05) is 36.4 Å². The van der Waals surface area contributed by atoms with Gasteiger partial charge in [-0.15, -0.1) is 0 Å². The third-order valence-electron chi connectivity index (χ3n) is 4.10. The predicted octanol–water partition coefficient (Wildman–Crippen LogP) is 4.36. The molecule has 3 aromatic rings. The van der Waals surface area contributed by atoms with Gasteiger partial charge in [0.1, 0.15) is 17.3 Å². The van der Waals surface area contributed by atoms with Gasteiger partial charge in [0.25, 0.3) is 0 Å². The summed E-state index contributed by atoms with van der Waals surface area (Å²) in [5, 5.41) is 5.12. The molecule has 6 nitrogen and oxygen atoms in total. The van der Waals surface area contributed by atoms with Crippen molar-refractivity contribution in [3.05, 3.63) is 90.2 Å². The molecular weight excluding hydrogens is 373 g/mol. The van der Waals surface area contributed by atoms with Gasteiger partial charge in [-0.05, 0) is 42.5 Å². The van der Waals surface area contributed by atoms with Crippen molar-refractivity contribution < 1.29 is 18.7 Å². The first-order chi connectivity index (χ1) is 14.0. The highest BCUT2D eigenvalue weighted by Crippen LogP contribution is 2.24. The van der Waals surface area contributed by atoms with Gasteiger partial charge in [-0.2, -0.15) is 0 Å². The van der Waals surface area contributed by atoms with Crippen molar-refractivity contribution in [3.63, 3.8) is 0 Å². The summed E-state index contributed by atoms with van der Waals surface area (Å²) in [5.74, 6) is 0.397. The molecule has 0 radical (unpaired) electrons. The number of hydrogen-bond donors (Lipinski definition) is 3. The van der Waals surface area contributed by atoms with Crippen molar-refractivity contribution in [1.29, 1.82) is 0 Å². The molecule has 0 bridgehead atoms. The van der Waals surface area contributed by atoms with Gasteiger partial charge in [0.15, 0.2) is 0 Å². The van der Waals surface area contributed by atoms with E-state index in [9.17, 15) is 14.0 Å². The molecule has 7 heteroatoms. The molecule has 3 aromatic carbocycles. The second kappa shape index (κ2) is 9.36. The smallest absolute Gasteiger partial charge is 0.312 e. The highest BCUT2D eigenvalue weighted by atomic mass is 19.1. The molecule has 0 spiro atoms. The Hall–Kier alpha value is -3.87. The minimum absolute atomic E-state index is 0.174. The van der Waals surface area contributed by atoms with Crippen LogP contribution in [0.5, 0.6) is 11.5 Å². The number of benzene rings is 3. The minimum atomic E-state index is -0.880. The summed E-state index contributed by atoms with van der Waals surface area (Å²) < 4.78 is 19.8. The third kappa shape index (κ3) is 5.80. The van der Waals surface area contributed by atoms with E-state index in [2.05, 4.69) is 10.6 Å². The van der Waals surface area contributed by atoms with Crippen LogP contribution in [0.25, 0.3) is 0 Å². The molecular formula is C22H20FN3O3. The fraction of sp³-hybridized carbons (Fsp3) is 0.0909. The van der Waals surface area contributed by atoms with Gasteiger partial charge < -0.3 is 21.1 Å². The predicted molar refractivity (Wildman–Crippen MR) is 108 cm³/mol. The Kier molecular flexibility index (Phi) is 6.42. The number of ether oxygens (including phenoxy) is 1. The van der Waals surface area contributed by atoms with Crippen molar-refractivity contribution in [3.8, 4) is 11.5 Å². The Bertz CT molecular complexity index is 978. The first-order valence-corrected chi connectivity index (χ1v) is 8.94. The van der Waals surface area contributed by atoms with Crippen LogP contribution in [0.3, 0.4) is 0 Å². The second-order valence-corrected chi connectivity index (χ2v) is 6.27. The van der Waals surface area contributed by atoms with Gasteiger partial charge in [0.05, 0.1) is 12.5 Å². The number of nitrogens with one attached hydrogen (secondary N) is 2. The summed E-state index contributed by atoms with van der Waals surface area (Å²) in [6.07, 6.45) is -0.174. The number of nitrogens with two attached hydrogens (primary N) is 1. The first-order valence-electron chi connectivity index (χ1n) is 8.94. The van der Waals surface area contributed by atoms with Crippen LogP contribution in [0.1, 0.15) is 18.0 Å². The molecule has 0 fully saturated rings. The van der Waals surface area contributed by atoms with E-state index >= 15 is 0 Å². The normalized spacial score (nSPS) is 11.3. The number of amides is 3. The van der Waals surface area contributed by atoms with Crippen LogP contribution in [0.15, 0.2) is 78.9 Å². The molecule has 1 atom stereocenters. The van der Waals surface area contributed by atoms with Crippen LogP contribution in [0.2, 0.25) is 0 Å². The fourth-order valence-corrected chi connectivity index (χ4v) is 2.80. The molecule has 29 heavy (non-hydrogen) atoms. The lowest BCUT2D eigenvalue weighted by atomic mass is 10.0. The van der Waals surface area contributed by atoms with Crippen molar-refractivity contribution in [2.75, 3.05) is 5.32 Å².